The van der Waals surface area contributed by atoms with Crippen LogP contribution in [0.5, 0.6) is 0 Å². The number of nitrogens with zero attached hydrogens (tertiary/aromatic N) is 3. The molecule has 0 N–H and O–H groups in total. The molecule has 5 heteroatoms. The fraction of sp³-hybridized carbons (Fsp3) is 0.276. The van der Waals surface area contributed by atoms with E-state index in [1.807, 2.05) is 83.6 Å². The van der Waals surface area contributed by atoms with Gasteiger partial charge in [0, 0.05) is 38.5 Å². The lowest BCUT2D eigenvalue weighted by Gasteiger charge is -2.40. The van der Waals surface area contributed by atoms with Gasteiger partial charge < -0.3 is 9.80 Å². The molecule has 4 rings (SSSR count). The number of carbonyl (C=O) groups excluding carboxylic acids is 2. The number of hydrogen-bond acceptors (Lipinski definition) is 3. The van der Waals surface area contributed by atoms with Crippen molar-refractivity contribution in [2.24, 2.45) is 5.92 Å². The van der Waals surface area contributed by atoms with Gasteiger partial charge in [0.25, 0.3) is 5.91 Å². The van der Waals surface area contributed by atoms with Gasteiger partial charge in [-0.2, -0.15) is 0 Å². The summed E-state index contributed by atoms with van der Waals surface area (Å²) in [7, 11) is 1.88. The average Bonchev–Trinajstić information content (AvgIpc) is 2.91. The van der Waals surface area contributed by atoms with E-state index >= 15 is 0 Å². The van der Waals surface area contributed by atoms with Gasteiger partial charge in [-0.1, -0.05) is 66.7 Å². The minimum absolute atomic E-state index is 0.0361. The molecule has 1 atom stereocenters. The Labute approximate surface area is 201 Å². The van der Waals surface area contributed by atoms with Crippen molar-refractivity contribution in [2.45, 2.75) is 25.3 Å². The molecule has 3 aromatic rings. The van der Waals surface area contributed by atoms with E-state index in [1.165, 1.54) is 5.56 Å². The molecule has 2 aromatic carbocycles. The van der Waals surface area contributed by atoms with E-state index in [1.54, 1.807) is 18.3 Å². The Balaban J connectivity index is 1.44. The molecule has 1 saturated heterocycles. The van der Waals surface area contributed by atoms with Crippen molar-refractivity contribution in [1.82, 2.24) is 14.8 Å². The third-order valence-corrected chi connectivity index (χ3v) is 6.60. The maximum Gasteiger partial charge on any atom is 0.272 e. The summed E-state index contributed by atoms with van der Waals surface area (Å²) in [4.78, 5) is 34.0. The first-order chi connectivity index (χ1) is 16.6. The highest BCUT2D eigenvalue weighted by molar-refractivity contribution is 5.92. The maximum atomic E-state index is 13.2. The highest BCUT2D eigenvalue weighted by atomic mass is 16.2. The van der Waals surface area contributed by atoms with Crippen LogP contribution in [0.25, 0.3) is 6.08 Å². The van der Waals surface area contributed by atoms with Crippen LogP contribution in [0.4, 0.5) is 0 Å². The SMILES string of the molecule is CN(C(=O)c1ccccn1)[C@@H](Cc1ccccc1)C1CCN(C(=O)/C=C/c2ccccc2)CC1. The average molecular weight is 454 g/mol. The molecule has 1 aliphatic heterocycles. The minimum atomic E-state index is -0.0640. The van der Waals surface area contributed by atoms with Crippen molar-refractivity contribution in [1.29, 1.82) is 0 Å². The van der Waals surface area contributed by atoms with E-state index in [0.717, 1.165) is 24.8 Å². The fourth-order valence-corrected chi connectivity index (χ4v) is 4.64. The summed E-state index contributed by atoms with van der Waals surface area (Å²) in [5, 5.41) is 0. The Kier molecular flexibility index (Phi) is 7.87. The van der Waals surface area contributed by atoms with Crippen molar-refractivity contribution in [2.75, 3.05) is 20.1 Å². The van der Waals surface area contributed by atoms with Crippen LogP contribution in [0.15, 0.2) is 91.1 Å². The van der Waals surface area contributed by atoms with Crippen LogP contribution in [0.2, 0.25) is 0 Å². The normalized spacial score (nSPS) is 15.3. The Morgan fingerprint density at radius 3 is 2.26 bits per heavy atom. The monoisotopic (exact) mass is 453 g/mol. The van der Waals surface area contributed by atoms with Crippen molar-refractivity contribution >= 4 is 17.9 Å². The molecular weight excluding hydrogens is 422 g/mol. The maximum absolute atomic E-state index is 13.2. The van der Waals surface area contributed by atoms with Gasteiger partial charge in [0.05, 0.1) is 0 Å². The summed E-state index contributed by atoms with van der Waals surface area (Å²) in [6.07, 6.45) is 7.69. The zero-order valence-electron chi connectivity index (χ0n) is 19.6. The van der Waals surface area contributed by atoms with Gasteiger partial charge in [-0.05, 0) is 54.5 Å². The highest BCUT2D eigenvalue weighted by Gasteiger charge is 2.33. The molecule has 0 radical (unpaired) electrons. The molecule has 0 saturated carbocycles. The number of amides is 2. The van der Waals surface area contributed by atoms with E-state index in [9.17, 15) is 9.59 Å². The predicted molar refractivity (Wildman–Crippen MR) is 135 cm³/mol. The Bertz CT molecular complexity index is 1090. The Hall–Kier alpha value is -3.73. The Morgan fingerprint density at radius 2 is 1.62 bits per heavy atom. The zero-order valence-corrected chi connectivity index (χ0v) is 19.6. The van der Waals surface area contributed by atoms with E-state index in [0.29, 0.717) is 24.7 Å². The molecule has 1 aliphatic rings. The summed E-state index contributed by atoms with van der Waals surface area (Å²) in [6.45, 7) is 1.39. The van der Waals surface area contributed by atoms with Gasteiger partial charge >= 0.3 is 0 Å². The minimum Gasteiger partial charge on any atom is -0.339 e. The van der Waals surface area contributed by atoms with Crippen LogP contribution >= 0.6 is 0 Å². The molecule has 1 fully saturated rings. The first-order valence-electron chi connectivity index (χ1n) is 11.9. The number of rotatable bonds is 7. The van der Waals surface area contributed by atoms with Crippen molar-refractivity contribution < 1.29 is 9.59 Å². The quantitative estimate of drug-likeness (QED) is 0.487. The summed E-state index contributed by atoms with van der Waals surface area (Å²) < 4.78 is 0. The standard InChI is InChI=1S/C29H31N3O2/c1-31(29(34)26-14-8-9-19-30-26)27(22-24-12-6-3-7-13-24)25-17-20-32(21-18-25)28(33)16-15-23-10-4-2-5-11-23/h2-16,19,25,27H,17-18,20-22H2,1H3/b16-15+/t27-/m0/s1. The third-order valence-electron chi connectivity index (χ3n) is 6.60. The molecule has 1 aromatic heterocycles. The fourth-order valence-electron chi connectivity index (χ4n) is 4.64. The first kappa shape index (κ1) is 23.4. The zero-order chi connectivity index (χ0) is 23.8. The van der Waals surface area contributed by atoms with Crippen LogP contribution in [-0.2, 0) is 11.2 Å². The molecular formula is C29H31N3O2. The predicted octanol–water partition coefficient (Wildman–Crippen LogP) is 4.72. The van der Waals surface area contributed by atoms with Gasteiger partial charge in [-0.15, -0.1) is 0 Å². The lowest BCUT2D eigenvalue weighted by atomic mass is 9.84. The van der Waals surface area contributed by atoms with Crippen LogP contribution in [0, 0.1) is 5.92 Å². The number of piperidine rings is 1. The second-order valence-electron chi connectivity index (χ2n) is 8.79. The van der Waals surface area contributed by atoms with Crippen LogP contribution in [0.3, 0.4) is 0 Å². The Morgan fingerprint density at radius 1 is 0.971 bits per heavy atom. The molecule has 0 bridgehead atoms. The first-order valence-corrected chi connectivity index (χ1v) is 11.9. The second kappa shape index (κ2) is 11.4. The molecule has 34 heavy (non-hydrogen) atoms. The summed E-state index contributed by atoms with van der Waals surface area (Å²) in [5.74, 6) is 0.283. The summed E-state index contributed by atoms with van der Waals surface area (Å²) >= 11 is 0. The molecule has 0 spiro atoms. The highest BCUT2D eigenvalue weighted by Crippen LogP contribution is 2.27. The van der Waals surface area contributed by atoms with Crippen LogP contribution < -0.4 is 0 Å². The molecule has 2 heterocycles. The number of benzene rings is 2. The molecule has 2 amide bonds. The van der Waals surface area contributed by atoms with E-state index in [-0.39, 0.29) is 17.9 Å². The van der Waals surface area contributed by atoms with E-state index in [2.05, 4.69) is 17.1 Å². The number of carbonyl (C=O) groups is 2. The largest absolute Gasteiger partial charge is 0.339 e. The van der Waals surface area contributed by atoms with Crippen molar-refractivity contribution in [3.8, 4) is 0 Å². The van der Waals surface area contributed by atoms with Gasteiger partial charge in [0.1, 0.15) is 5.69 Å². The van der Waals surface area contributed by atoms with Crippen LogP contribution in [-0.4, -0.2) is 52.8 Å². The van der Waals surface area contributed by atoms with Gasteiger partial charge in [0.15, 0.2) is 0 Å². The lowest BCUT2D eigenvalue weighted by Crippen LogP contribution is -2.48. The number of likely N-dealkylation sites (N-methyl/N-ethyl adjacent to an activating group) is 1. The summed E-state index contributed by atoms with van der Waals surface area (Å²) in [6, 6.07) is 25.6. The van der Waals surface area contributed by atoms with Gasteiger partial charge in [0.2, 0.25) is 5.91 Å². The number of likely N-dealkylation sites (tertiary alicyclic amines) is 1. The topological polar surface area (TPSA) is 53.5 Å². The van der Waals surface area contributed by atoms with Gasteiger partial charge in [-0.3, -0.25) is 14.6 Å². The summed E-state index contributed by atoms with van der Waals surface area (Å²) in [5.41, 5.74) is 2.68. The molecule has 5 nitrogen and oxygen atoms in total. The number of hydrogen-bond donors (Lipinski definition) is 0. The molecule has 0 unspecified atom stereocenters. The smallest absolute Gasteiger partial charge is 0.272 e. The second-order valence-corrected chi connectivity index (χ2v) is 8.79. The molecule has 0 aliphatic carbocycles. The van der Waals surface area contributed by atoms with Crippen molar-refractivity contribution in [3.63, 3.8) is 0 Å². The van der Waals surface area contributed by atoms with Crippen LogP contribution in [0.1, 0.15) is 34.5 Å². The van der Waals surface area contributed by atoms with Gasteiger partial charge in [-0.25, -0.2) is 0 Å². The third kappa shape index (κ3) is 5.98. The van der Waals surface area contributed by atoms with Crippen molar-refractivity contribution in [3.05, 3.63) is 108 Å². The lowest BCUT2D eigenvalue weighted by molar-refractivity contribution is -0.127. The van der Waals surface area contributed by atoms with E-state index < -0.39 is 0 Å². The number of aromatic nitrogens is 1. The number of pyridine rings is 1. The molecule has 174 valence electrons. The van der Waals surface area contributed by atoms with E-state index in [4.69, 9.17) is 0 Å².